The number of thioether (sulfide) groups is 1. The van der Waals surface area contributed by atoms with Crippen LogP contribution < -0.4 is 0 Å². The minimum Gasteiger partial charge on any atom is -0.461 e. The number of benzene rings is 2. The fraction of sp³-hybridized carbons (Fsp3) is 0.188. The van der Waals surface area contributed by atoms with E-state index in [4.69, 9.17) is 4.74 Å². The first-order valence-electron chi connectivity index (χ1n) is 6.17. The average Bonchev–Trinajstić information content (AvgIpc) is 2.45. The molecule has 0 radical (unpaired) electrons. The summed E-state index contributed by atoms with van der Waals surface area (Å²) in [6.07, 6.45) is 0. The maximum Gasteiger partial charge on any atom is 0.338 e. The van der Waals surface area contributed by atoms with Crippen molar-refractivity contribution in [2.75, 3.05) is 12.4 Å². The summed E-state index contributed by atoms with van der Waals surface area (Å²) in [5.41, 5.74) is 1.74. The number of ether oxygens (including phenoxy) is 1. The minimum atomic E-state index is -0.256. The van der Waals surface area contributed by atoms with Crippen LogP contribution in [0.15, 0.2) is 59.5 Å². The molecule has 2 rings (SSSR count). The second kappa shape index (κ2) is 7.00. The van der Waals surface area contributed by atoms with Gasteiger partial charge in [-0.3, -0.25) is 0 Å². The van der Waals surface area contributed by atoms with Crippen molar-refractivity contribution in [3.63, 3.8) is 0 Å². The van der Waals surface area contributed by atoms with Crippen molar-refractivity contribution in [2.45, 2.75) is 11.8 Å². The molecule has 0 N–H and O–H groups in total. The Kier molecular flexibility index (Phi) is 5.04. The normalized spacial score (nSPS) is 10.2. The Labute approximate surface area is 117 Å². The average molecular weight is 272 g/mol. The van der Waals surface area contributed by atoms with Gasteiger partial charge in [-0.2, -0.15) is 0 Å². The lowest BCUT2D eigenvalue weighted by Gasteiger charge is -2.05. The lowest BCUT2D eigenvalue weighted by Crippen LogP contribution is -2.07. The van der Waals surface area contributed by atoms with Crippen molar-refractivity contribution in [2.24, 2.45) is 0 Å². The maximum atomic E-state index is 11.7. The van der Waals surface area contributed by atoms with E-state index in [0.717, 1.165) is 11.3 Å². The van der Waals surface area contributed by atoms with Crippen molar-refractivity contribution < 1.29 is 9.53 Å². The highest BCUT2D eigenvalue weighted by Crippen LogP contribution is 2.16. The van der Waals surface area contributed by atoms with Crippen LogP contribution in [0.4, 0.5) is 0 Å². The van der Waals surface area contributed by atoms with E-state index in [9.17, 15) is 4.79 Å². The molecule has 0 spiro atoms. The summed E-state index contributed by atoms with van der Waals surface area (Å²) in [7, 11) is 0. The predicted octanol–water partition coefficient (Wildman–Crippen LogP) is 3.94. The van der Waals surface area contributed by atoms with Gasteiger partial charge in [-0.05, 0) is 31.2 Å². The predicted molar refractivity (Wildman–Crippen MR) is 78.6 cm³/mol. The Morgan fingerprint density at radius 1 is 1.05 bits per heavy atom. The van der Waals surface area contributed by atoms with E-state index in [1.54, 1.807) is 23.9 Å². The molecule has 98 valence electrons. The summed E-state index contributed by atoms with van der Waals surface area (Å²) in [4.78, 5) is 12.9. The fourth-order valence-corrected chi connectivity index (χ4v) is 2.34. The van der Waals surface area contributed by atoms with Gasteiger partial charge in [-0.25, -0.2) is 4.79 Å². The summed E-state index contributed by atoms with van der Waals surface area (Å²) in [6, 6.07) is 17.5. The lowest BCUT2D eigenvalue weighted by atomic mass is 10.1. The third-order valence-corrected chi connectivity index (χ3v) is 3.59. The van der Waals surface area contributed by atoms with E-state index >= 15 is 0 Å². The first kappa shape index (κ1) is 13.7. The third kappa shape index (κ3) is 4.45. The second-order valence-electron chi connectivity index (χ2n) is 4.16. The molecule has 0 fully saturated rings. The molecule has 0 aliphatic heterocycles. The van der Waals surface area contributed by atoms with Crippen LogP contribution in [0.2, 0.25) is 0 Å². The van der Waals surface area contributed by atoms with Crippen molar-refractivity contribution in [3.8, 4) is 0 Å². The fourth-order valence-electron chi connectivity index (χ4n) is 1.58. The highest BCUT2D eigenvalue weighted by molar-refractivity contribution is 7.99. The van der Waals surface area contributed by atoms with Crippen LogP contribution in [0.3, 0.4) is 0 Å². The van der Waals surface area contributed by atoms with E-state index in [-0.39, 0.29) is 5.97 Å². The van der Waals surface area contributed by atoms with Crippen LogP contribution >= 0.6 is 11.8 Å². The SMILES string of the molecule is Cc1ccc(C(=O)OCCSc2ccccc2)cc1. The molecule has 0 saturated carbocycles. The summed E-state index contributed by atoms with van der Waals surface area (Å²) in [5, 5.41) is 0. The Morgan fingerprint density at radius 2 is 1.74 bits per heavy atom. The number of hydrogen-bond acceptors (Lipinski definition) is 3. The van der Waals surface area contributed by atoms with Gasteiger partial charge in [-0.15, -0.1) is 11.8 Å². The lowest BCUT2D eigenvalue weighted by molar-refractivity contribution is 0.0530. The molecule has 3 heteroatoms. The quantitative estimate of drug-likeness (QED) is 0.468. The van der Waals surface area contributed by atoms with Gasteiger partial charge in [0.2, 0.25) is 0 Å². The summed E-state index contributed by atoms with van der Waals surface area (Å²) in [5.74, 6) is 0.510. The van der Waals surface area contributed by atoms with Crippen molar-refractivity contribution in [1.82, 2.24) is 0 Å². The third-order valence-electron chi connectivity index (χ3n) is 2.62. The Balaban J connectivity index is 1.74. The van der Waals surface area contributed by atoms with Gasteiger partial charge in [0.15, 0.2) is 0 Å². The molecule has 2 nitrogen and oxygen atoms in total. The molecule has 2 aromatic rings. The van der Waals surface area contributed by atoms with Gasteiger partial charge in [-0.1, -0.05) is 35.9 Å². The standard InChI is InChI=1S/C16H16O2S/c1-13-7-9-14(10-8-13)16(17)18-11-12-19-15-5-3-2-4-6-15/h2-10H,11-12H2,1H3. The zero-order chi connectivity index (χ0) is 13.5. The van der Waals surface area contributed by atoms with Crippen LogP contribution in [0.25, 0.3) is 0 Å². The molecule has 0 saturated heterocycles. The maximum absolute atomic E-state index is 11.7. The van der Waals surface area contributed by atoms with Crippen LogP contribution in [-0.2, 0) is 4.74 Å². The number of aryl methyl sites for hydroxylation is 1. The van der Waals surface area contributed by atoms with E-state index < -0.39 is 0 Å². The molecular formula is C16H16O2S. The Bertz CT molecular complexity index is 520. The monoisotopic (exact) mass is 272 g/mol. The van der Waals surface area contributed by atoms with Gasteiger partial charge in [0.05, 0.1) is 5.56 Å². The van der Waals surface area contributed by atoms with E-state index in [2.05, 4.69) is 0 Å². The Hall–Kier alpha value is -1.74. The van der Waals surface area contributed by atoms with E-state index in [1.807, 2.05) is 49.4 Å². The zero-order valence-electron chi connectivity index (χ0n) is 10.8. The van der Waals surface area contributed by atoms with Gasteiger partial charge in [0.25, 0.3) is 0 Å². The topological polar surface area (TPSA) is 26.3 Å². The number of carbonyl (C=O) groups excluding carboxylic acids is 1. The summed E-state index contributed by atoms with van der Waals surface area (Å²) < 4.78 is 5.23. The second-order valence-corrected chi connectivity index (χ2v) is 5.33. The van der Waals surface area contributed by atoms with Crippen molar-refractivity contribution in [3.05, 3.63) is 65.7 Å². The van der Waals surface area contributed by atoms with Crippen LogP contribution in [-0.4, -0.2) is 18.3 Å². The minimum absolute atomic E-state index is 0.256. The number of rotatable bonds is 5. The van der Waals surface area contributed by atoms with E-state index in [1.165, 1.54) is 4.90 Å². The Morgan fingerprint density at radius 3 is 2.42 bits per heavy atom. The summed E-state index contributed by atoms with van der Waals surface area (Å²) in [6.45, 7) is 2.41. The molecule has 0 aliphatic carbocycles. The molecule has 0 heterocycles. The van der Waals surface area contributed by atoms with Crippen molar-refractivity contribution >= 4 is 17.7 Å². The molecule has 2 aromatic carbocycles. The number of carbonyl (C=O) groups is 1. The van der Waals surface area contributed by atoms with Crippen LogP contribution in [0.1, 0.15) is 15.9 Å². The largest absolute Gasteiger partial charge is 0.461 e. The first-order valence-corrected chi connectivity index (χ1v) is 7.16. The molecule has 0 unspecified atom stereocenters. The van der Waals surface area contributed by atoms with Gasteiger partial charge < -0.3 is 4.74 Å². The molecule has 19 heavy (non-hydrogen) atoms. The highest BCUT2D eigenvalue weighted by Gasteiger charge is 2.05. The summed E-state index contributed by atoms with van der Waals surface area (Å²) >= 11 is 1.68. The first-order chi connectivity index (χ1) is 9.25. The van der Waals surface area contributed by atoms with Crippen molar-refractivity contribution in [1.29, 1.82) is 0 Å². The molecule has 0 bridgehead atoms. The molecular weight excluding hydrogens is 256 g/mol. The molecule has 0 atom stereocenters. The van der Waals surface area contributed by atoms with Gasteiger partial charge in [0, 0.05) is 10.6 Å². The van der Waals surface area contributed by atoms with Crippen LogP contribution in [0.5, 0.6) is 0 Å². The highest BCUT2D eigenvalue weighted by atomic mass is 32.2. The smallest absolute Gasteiger partial charge is 0.338 e. The van der Waals surface area contributed by atoms with Gasteiger partial charge >= 0.3 is 5.97 Å². The van der Waals surface area contributed by atoms with E-state index in [0.29, 0.717) is 12.2 Å². The van der Waals surface area contributed by atoms with Gasteiger partial charge in [0.1, 0.15) is 6.61 Å². The molecule has 0 amide bonds. The zero-order valence-corrected chi connectivity index (χ0v) is 11.7. The van der Waals surface area contributed by atoms with Crippen LogP contribution in [0, 0.1) is 6.92 Å². The molecule has 0 aliphatic rings. The number of esters is 1. The number of hydrogen-bond donors (Lipinski definition) is 0. The molecule has 0 aromatic heterocycles.